The topological polar surface area (TPSA) is 36.6 Å². The van der Waals surface area contributed by atoms with Gasteiger partial charge >= 0.3 is 0 Å². The van der Waals surface area contributed by atoms with Gasteiger partial charge in [-0.15, -0.1) is 0 Å². The smallest absolute Gasteiger partial charge is 0.0947 e. The van der Waals surface area contributed by atoms with Gasteiger partial charge in [0.2, 0.25) is 0 Å². The van der Waals surface area contributed by atoms with E-state index in [9.17, 15) is 5.11 Å². The van der Waals surface area contributed by atoms with Gasteiger partial charge in [0, 0.05) is 18.2 Å². The zero-order valence-corrected chi connectivity index (χ0v) is 9.22. The minimum atomic E-state index is -0.239. The van der Waals surface area contributed by atoms with Gasteiger partial charge in [0.25, 0.3) is 0 Å². The predicted molar refractivity (Wildman–Crippen MR) is 58.4 cm³/mol. The summed E-state index contributed by atoms with van der Waals surface area (Å²) in [4.78, 5) is 2.36. The monoisotopic (exact) mass is 209 g/mol. The molecule has 0 amide bonds. The number of furan rings is 1. The van der Waals surface area contributed by atoms with Crippen LogP contribution in [0.5, 0.6) is 0 Å². The summed E-state index contributed by atoms with van der Waals surface area (Å²) in [6.07, 6.45) is 6.83. The van der Waals surface area contributed by atoms with Gasteiger partial charge in [0.05, 0.1) is 18.6 Å². The van der Waals surface area contributed by atoms with Crippen molar-refractivity contribution in [1.82, 2.24) is 4.90 Å². The van der Waals surface area contributed by atoms with Crippen LogP contribution >= 0.6 is 0 Å². The fourth-order valence-corrected chi connectivity index (χ4v) is 2.38. The van der Waals surface area contributed by atoms with Crippen LogP contribution in [-0.2, 0) is 6.54 Å². The fourth-order valence-electron chi connectivity index (χ4n) is 2.38. The molecular formula is C12H19NO2. The van der Waals surface area contributed by atoms with Gasteiger partial charge in [-0.1, -0.05) is 6.42 Å². The number of likely N-dealkylation sites (tertiary alicyclic amines) is 1. The molecule has 0 saturated carbocycles. The summed E-state index contributed by atoms with van der Waals surface area (Å²) < 4.78 is 5.06. The highest BCUT2D eigenvalue weighted by atomic mass is 16.3. The predicted octanol–water partition coefficient (Wildman–Crippen LogP) is 2.01. The van der Waals surface area contributed by atoms with Crippen molar-refractivity contribution in [3.8, 4) is 0 Å². The molecule has 1 aliphatic heterocycles. The first-order valence-electron chi connectivity index (χ1n) is 5.70. The molecule has 15 heavy (non-hydrogen) atoms. The van der Waals surface area contributed by atoms with Gasteiger partial charge in [0.15, 0.2) is 0 Å². The van der Waals surface area contributed by atoms with Crippen LogP contribution in [0.25, 0.3) is 0 Å². The molecule has 1 N–H and O–H groups in total. The lowest BCUT2D eigenvalue weighted by atomic mass is 9.98. The van der Waals surface area contributed by atoms with E-state index in [2.05, 4.69) is 4.90 Å². The summed E-state index contributed by atoms with van der Waals surface area (Å²) in [6, 6.07) is 2.31. The van der Waals surface area contributed by atoms with Gasteiger partial charge in [0.1, 0.15) is 0 Å². The molecule has 0 spiro atoms. The second kappa shape index (κ2) is 4.81. The van der Waals surface area contributed by atoms with E-state index in [-0.39, 0.29) is 6.10 Å². The first-order valence-corrected chi connectivity index (χ1v) is 5.70. The number of piperidine rings is 1. The molecule has 2 rings (SSSR count). The summed E-state index contributed by atoms with van der Waals surface area (Å²) in [5.74, 6) is 0. The summed E-state index contributed by atoms with van der Waals surface area (Å²) in [5, 5.41) is 9.71. The van der Waals surface area contributed by atoms with E-state index < -0.39 is 0 Å². The molecule has 1 aromatic rings. The molecule has 84 valence electrons. The van der Waals surface area contributed by atoms with E-state index >= 15 is 0 Å². The molecule has 0 aliphatic carbocycles. The first-order chi connectivity index (χ1) is 7.27. The van der Waals surface area contributed by atoms with Crippen molar-refractivity contribution < 1.29 is 9.52 Å². The van der Waals surface area contributed by atoms with Gasteiger partial charge in [-0.3, -0.25) is 4.90 Å². The van der Waals surface area contributed by atoms with E-state index in [1.807, 2.05) is 13.0 Å². The van der Waals surface area contributed by atoms with Crippen LogP contribution in [0.15, 0.2) is 23.0 Å². The maximum atomic E-state index is 9.71. The number of aliphatic hydroxyl groups is 1. The van der Waals surface area contributed by atoms with Crippen molar-refractivity contribution in [2.45, 2.75) is 44.9 Å². The van der Waals surface area contributed by atoms with E-state index in [1.165, 1.54) is 18.4 Å². The molecule has 2 unspecified atom stereocenters. The van der Waals surface area contributed by atoms with E-state index in [1.54, 1.807) is 12.5 Å². The molecule has 2 atom stereocenters. The summed E-state index contributed by atoms with van der Waals surface area (Å²) in [7, 11) is 0. The zero-order valence-electron chi connectivity index (χ0n) is 9.22. The van der Waals surface area contributed by atoms with Gasteiger partial charge < -0.3 is 9.52 Å². The average Bonchev–Trinajstić information content (AvgIpc) is 2.71. The normalized spacial score (nSPS) is 25.3. The largest absolute Gasteiger partial charge is 0.472 e. The van der Waals surface area contributed by atoms with Crippen molar-refractivity contribution in [3.63, 3.8) is 0 Å². The Kier molecular flexibility index (Phi) is 3.44. The number of hydrogen-bond donors (Lipinski definition) is 1. The molecule has 2 heterocycles. The second-order valence-electron chi connectivity index (χ2n) is 4.41. The third kappa shape index (κ3) is 2.61. The van der Waals surface area contributed by atoms with E-state index in [4.69, 9.17) is 4.42 Å². The summed E-state index contributed by atoms with van der Waals surface area (Å²) in [5.41, 5.74) is 1.20. The van der Waals surface area contributed by atoms with Crippen LogP contribution in [0.2, 0.25) is 0 Å². The molecular weight excluding hydrogens is 190 g/mol. The SMILES string of the molecule is CC(O)C1CCCCN1Cc1ccoc1. The van der Waals surface area contributed by atoms with Crippen LogP contribution in [0.4, 0.5) is 0 Å². The Morgan fingerprint density at radius 3 is 3.13 bits per heavy atom. The van der Waals surface area contributed by atoms with E-state index in [0.717, 1.165) is 19.5 Å². The van der Waals surface area contributed by atoms with Crippen LogP contribution in [-0.4, -0.2) is 28.7 Å². The lowest BCUT2D eigenvalue weighted by Gasteiger charge is -2.37. The number of rotatable bonds is 3. The van der Waals surface area contributed by atoms with Crippen molar-refractivity contribution in [2.24, 2.45) is 0 Å². The lowest BCUT2D eigenvalue weighted by molar-refractivity contribution is 0.0316. The van der Waals surface area contributed by atoms with E-state index in [0.29, 0.717) is 6.04 Å². The molecule has 3 nitrogen and oxygen atoms in total. The van der Waals surface area contributed by atoms with Gasteiger partial charge in [-0.25, -0.2) is 0 Å². The van der Waals surface area contributed by atoms with Crippen LogP contribution < -0.4 is 0 Å². The Morgan fingerprint density at radius 2 is 2.47 bits per heavy atom. The van der Waals surface area contributed by atoms with Crippen molar-refractivity contribution >= 4 is 0 Å². The third-order valence-electron chi connectivity index (χ3n) is 3.19. The van der Waals surface area contributed by atoms with Gasteiger partial charge in [-0.05, 0) is 32.4 Å². The zero-order chi connectivity index (χ0) is 10.7. The number of nitrogens with zero attached hydrogens (tertiary/aromatic N) is 1. The third-order valence-corrected chi connectivity index (χ3v) is 3.19. The number of hydrogen-bond acceptors (Lipinski definition) is 3. The minimum Gasteiger partial charge on any atom is -0.472 e. The maximum Gasteiger partial charge on any atom is 0.0947 e. The molecule has 1 aromatic heterocycles. The fraction of sp³-hybridized carbons (Fsp3) is 0.667. The van der Waals surface area contributed by atoms with Crippen LogP contribution in [0, 0.1) is 0 Å². The molecule has 3 heteroatoms. The molecule has 0 aromatic carbocycles. The Bertz CT molecular complexity index is 282. The highest BCUT2D eigenvalue weighted by molar-refractivity contribution is 5.05. The Labute approximate surface area is 90.7 Å². The quantitative estimate of drug-likeness (QED) is 0.827. The Hall–Kier alpha value is -0.800. The summed E-state index contributed by atoms with van der Waals surface area (Å²) in [6.45, 7) is 3.87. The van der Waals surface area contributed by atoms with Crippen molar-refractivity contribution in [3.05, 3.63) is 24.2 Å². The Balaban J connectivity index is 1.99. The van der Waals surface area contributed by atoms with Crippen molar-refractivity contribution in [2.75, 3.05) is 6.54 Å². The number of aliphatic hydroxyl groups excluding tert-OH is 1. The molecule has 1 fully saturated rings. The highest BCUT2D eigenvalue weighted by Crippen LogP contribution is 2.22. The summed E-state index contributed by atoms with van der Waals surface area (Å²) >= 11 is 0. The standard InChI is InChI=1S/C12H19NO2/c1-10(14)12-4-2-3-6-13(12)8-11-5-7-15-9-11/h5,7,9-10,12,14H,2-4,6,8H2,1H3. The Morgan fingerprint density at radius 1 is 1.60 bits per heavy atom. The average molecular weight is 209 g/mol. The second-order valence-corrected chi connectivity index (χ2v) is 4.41. The van der Waals surface area contributed by atoms with Gasteiger partial charge in [-0.2, -0.15) is 0 Å². The maximum absolute atomic E-state index is 9.71. The molecule has 1 saturated heterocycles. The molecule has 0 bridgehead atoms. The van der Waals surface area contributed by atoms with Crippen LogP contribution in [0.1, 0.15) is 31.7 Å². The first kappa shape index (κ1) is 10.7. The van der Waals surface area contributed by atoms with Crippen LogP contribution in [0.3, 0.4) is 0 Å². The molecule has 1 aliphatic rings. The van der Waals surface area contributed by atoms with Crippen molar-refractivity contribution in [1.29, 1.82) is 0 Å². The molecule has 0 radical (unpaired) electrons. The highest BCUT2D eigenvalue weighted by Gasteiger charge is 2.26. The lowest BCUT2D eigenvalue weighted by Crippen LogP contribution is -2.45. The minimum absolute atomic E-state index is 0.239.